The number of carbonyl (C=O) groups is 4. The molecule has 1 fully saturated rings. The number of carboxylic acids is 2. The molecule has 2 heterocycles. The molecule has 1 aliphatic rings. The summed E-state index contributed by atoms with van der Waals surface area (Å²) < 4.78 is 76.7. The van der Waals surface area contributed by atoms with E-state index in [0.717, 1.165) is 62.9 Å². The fraction of sp³-hybridized carbons (Fsp3) is 0.536. The Kier molecular flexibility index (Phi) is 15.7. The molecule has 1 amide bonds. The number of nitrogens with zero attached hydrogens (tertiary/aromatic N) is 2. The molecule has 2 aromatic rings. The number of imidazole rings is 1. The number of rotatable bonds is 10. The second kappa shape index (κ2) is 18.1. The maximum atomic E-state index is 13.2. The summed E-state index contributed by atoms with van der Waals surface area (Å²) in [5, 5.41) is 17.5. The van der Waals surface area contributed by atoms with Crippen LogP contribution in [0.25, 0.3) is 11.3 Å². The molecule has 10 nitrogen and oxygen atoms in total. The van der Waals surface area contributed by atoms with Crippen LogP contribution in [0.5, 0.6) is 0 Å². The number of amides is 1. The lowest BCUT2D eigenvalue weighted by atomic mass is 9.95. The lowest BCUT2D eigenvalue weighted by Gasteiger charge is -2.29. The summed E-state index contributed by atoms with van der Waals surface area (Å²) in [4.78, 5) is 52.0. The topological polar surface area (TPSA) is 153 Å². The van der Waals surface area contributed by atoms with Crippen molar-refractivity contribution < 1.29 is 60.1 Å². The molecule has 1 aliphatic heterocycles. The van der Waals surface area contributed by atoms with E-state index in [0.29, 0.717) is 12.2 Å². The van der Waals surface area contributed by atoms with Gasteiger partial charge in [-0.15, -0.1) is 0 Å². The number of nitrogens with one attached hydrogen (secondary N) is 2. The number of likely N-dealkylation sites (tertiary alicyclic amines) is 1. The maximum Gasteiger partial charge on any atom is 0.490 e. The highest BCUT2D eigenvalue weighted by molar-refractivity contribution is 5.79. The first-order valence-corrected chi connectivity index (χ1v) is 13.7. The average molecular weight is 657 g/mol. The van der Waals surface area contributed by atoms with Gasteiger partial charge in [-0.1, -0.05) is 12.8 Å². The number of aromatic amines is 1. The number of hydrogen-bond acceptors (Lipinski definition) is 6. The molecule has 1 unspecified atom stereocenters. The summed E-state index contributed by atoms with van der Waals surface area (Å²) >= 11 is 0. The minimum atomic E-state index is -5.08. The van der Waals surface area contributed by atoms with Gasteiger partial charge in [-0.2, -0.15) is 26.3 Å². The summed E-state index contributed by atoms with van der Waals surface area (Å²) in [6.07, 6.45) is -2.64. The average Bonchev–Trinajstić information content (AvgIpc) is 3.42. The van der Waals surface area contributed by atoms with Gasteiger partial charge in [0.1, 0.15) is 17.4 Å². The van der Waals surface area contributed by atoms with E-state index < -0.39 is 24.3 Å². The van der Waals surface area contributed by atoms with Crippen LogP contribution >= 0.6 is 0 Å². The number of Topliss-reactive ketones (excluding diaryl/α,β-unsaturated/α-hetero) is 1. The number of carboxylic acid groups (broad SMARTS) is 2. The van der Waals surface area contributed by atoms with Gasteiger partial charge in [-0.3, -0.25) is 4.79 Å². The van der Waals surface area contributed by atoms with Crippen molar-refractivity contribution in [2.75, 3.05) is 20.1 Å². The van der Waals surface area contributed by atoms with Crippen molar-refractivity contribution in [1.82, 2.24) is 20.2 Å². The first-order chi connectivity index (χ1) is 20.8. The van der Waals surface area contributed by atoms with Crippen LogP contribution in [0.15, 0.2) is 30.5 Å². The first-order valence-electron chi connectivity index (χ1n) is 13.7. The minimum Gasteiger partial charge on any atom is -0.475 e. The minimum absolute atomic E-state index is 0.0305. The lowest BCUT2D eigenvalue weighted by Crippen LogP contribution is -2.40. The number of piperidine rings is 1. The van der Waals surface area contributed by atoms with Crippen molar-refractivity contribution in [3.63, 3.8) is 0 Å². The third-order valence-electron chi connectivity index (χ3n) is 6.49. The third-order valence-corrected chi connectivity index (χ3v) is 6.49. The van der Waals surface area contributed by atoms with Gasteiger partial charge in [0, 0.05) is 12.3 Å². The molecule has 0 saturated carbocycles. The van der Waals surface area contributed by atoms with Gasteiger partial charge in [-0.05, 0) is 82.6 Å². The molecular formula is C28H35F7N4O6. The van der Waals surface area contributed by atoms with Crippen LogP contribution in [-0.4, -0.2) is 81.2 Å². The molecule has 17 heteroatoms. The quantitative estimate of drug-likeness (QED) is 0.193. The number of aliphatic carboxylic acids is 2. The van der Waals surface area contributed by atoms with Gasteiger partial charge in [0.25, 0.3) is 0 Å². The number of aromatic nitrogens is 2. The Balaban J connectivity index is 0.000000601. The van der Waals surface area contributed by atoms with Crippen LogP contribution in [-0.2, 0) is 19.2 Å². The van der Waals surface area contributed by atoms with E-state index >= 15 is 0 Å². The molecule has 1 aromatic heterocycles. The second-order valence-corrected chi connectivity index (χ2v) is 10.2. The predicted octanol–water partition coefficient (Wildman–Crippen LogP) is 5.52. The molecule has 1 atom stereocenters. The molecule has 0 bridgehead atoms. The van der Waals surface area contributed by atoms with E-state index in [2.05, 4.69) is 27.2 Å². The van der Waals surface area contributed by atoms with Crippen LogP contribution in [0.4, 0.5) is 30.7 Å². The van der Waals surface area contributed by atoms with E-state index in [1.165, 1.54) is 12.1 Å². The van der Waals surface area contributed by atoms with Crippen molar-refractivity contribution in [2.45, 2.75) is 70.3 Å². The lowest BCUT2D eigenvalue weighted by molar-refractivity contribution is -0.193. The fourth-order valence-electron chi connectivity index (χ4n) is 4.03. The van der Waals surface area contributed by atoms with Crippen molar-refractivity contribution in [3.8, 4) is 11.3 Å². The van der Waals surface area contributed by atoms with Crippen LogP contribution in [0.2, 0.25) is 0 Å². The molecule has 0 aliphatic carbocycles. The SMILES string of the molecule is CC(=O)CCCCCC(NC(=O)C1CCN(C)CC1)c1ncc(-c2ccc(F)cc2)[nH]1.O=C(O)C(F)(F)F.O=C(O)C(F)(F)F. The second-order valence-electron chi connectivity index (χ2n) is 10.2. The van der Waals surface area contributed by atoms with Gasteiger partial charge >= 0.3 is 24.3 Å². The highest BCUT2D eigenvalue weighted by atomic mass is 19.4. The van der Waals surface area contributed by atoms with E-state index in [4.69, 9.17) is 19.8 Å². The Morgan fingerprint density at radius 1 is 0.956 bits per heavy atom. The number of benzene rings is 1. The molecule has 3 rings (SSSR count). The molecule has 45 heavy (non-hydrogen) atoms. The summed E-state index contributed by atoms with van der Waals surface area (Å²) in [6.45, 7) is 3.48. The number of alkyl halides is 6. The number of H-pyrrole nitrogens is 1. The molecule has 0 spiro atoms. The molecule has 0 radical (unpaired) electrons. The van der Waals surface area contributed by atoms with Gasteiger partial charge in [0.15, 0.2) is 0 Å². The summed E-state index contributed by atoms with van der Waals surface area (Å²) in [7, 11) is 2.08. The number of unbranched alkanes of at least 4 members (excludes halogenated alkanes) is 2. The number of ketones is 1. The number of carbonyl (C=O) groups excluding carboxylic acids is 2. The summed E-state index contributed by atoms with van der Waals surface area (Å²) in [6, 6.07) is 6.05. The normalized spacial score (nSPS) is 14.7. The molecule has 252 valence electrons. The predicted molar refractivity (Wildman–Crippen MR) is 146 cm³/mol. The van der Waals surface area contributed by atoms with Crippen molar-refractivity contribution in [1.29, 1.82) is 0 Å². The van der Waals surface area contributed by atoms with Crippen molar-refractivity contribution in [2.24, 2.45) is 5.92 Å². The van der Waals surface area contributed by atoms with Crippen LogP contribution in [0.3, 0.4) is 0 Å². The third kappa shape index (κ3) is 15.5. The number of hydrogen-bond donors (Lipinski definition) is 4. The first kappa shape index (κ1) is 39.0. The Labute approximate surface area is 254 Å². The van der Waals surface area contributed by atoms with Crippen LogP contribution in [0.1, 0.15) is 63.7 Å². The van der Waals surface area contributed by atoms with Gasteiger partial charge in [0.2, 0.25) is 5.91 Å². The van der Waals surface area contributed by atoms with Crippen molar-refractivity contribution in [3.05, 3.63) is 42.1 Å². The maximum absolute atomic E-state index is 13.2. The largest absolute Gasteiger partial charge is 0.490 e. The zero-order chi connectivity index (χ0) is 34.4. The van der Waals surface area contributed by atoms with Crippen molar-refractivity contribution >= 4 is 23.6 Å². The molecule has 1 aromatic carbocycles. The van der Waals surface area contributed by atoms with E-state index in [9.17, 15) is 40.3 Å². The monoisotopic (exact) mass is 656 g/mol. The standard InChI is InChI=1S/C24H33FN4O2.2C2HF3O2/c1-17(30)6-4-3-5-7-21(28-24(31)19-12-14-29(2)15-13-19)23-26-16-22(27-23)18-8-10-20(25)11-9-18;2*3-2(4,5)1(6)7/h8-11,16,19,21H,3-7,12-15H2,1-2H3,(H,26,27)(H,28,31);2*(H,6,7). The van der Waals surface area contributed by atoms with E-state index in [-0.39, 0.29) is 29.5 Å². The van der Waals surface area contributed by atoms with Gasteiger partial charge < -0.3 is 30.2 Å². The zero-order valence-corrected chi connectivity index (χ0v) is 24.5. The Morgan fingerprint density at radius 2 is 1.47 bits per heavy atom. The Morgan fingerprint density at radius 3 is 1.93 bits per heavy atom. The molecular weight excluding hydrogens is 621 g/mol. The van der Waals surface area contributed by atoms with Crippen LogP contribution in [0, 0.1) is 11.7 Å². The summed E-state index contributed by atoms with van der Waals surface area (Å²) in [5.74, 6) is -4.75. The smallest absolute Gasteiger partial charge is 0.475 e. The Bertz CT molecular complexity index is 1220. The highest BCUT2D eigenvalue weighted by Crippen LogP contribution is 2.25. The number of halogens is 7. The Hall–Kier alpha value is -4.02. The van der Waals surface area contributed by atoms with Gasteiger partial charge in [-0.25, -0.2) is 19.0 Å². The van der Waals surface area contributed by atoms with Gasteiger partial charge in [0.05, 0.1) is 17.9 Å². The summed E-state index contributed by atoms with van der Waals surface area (Å²) in [5.41, 5.74) is 1.65. The highest BCUT2D eigenvalue weighted by Gasteiger charge is 2.39. The van der Waals surface area contributed by atoms with E-state index in [1.54, 1.807) is 25.3 Å². The zero-order valence-electron chi connectivity index (χ0n) is 24.5. The molecule has 1 saturated heterocycles. The van der Waals surface area contributed by atoms with E-state index in [1.807, 2.05) is 0 Å². The molecule has 4 N–H and O–H groups in total. The fourth-order valence-corrected chi connectivity index (χ4v) is 4.03. The van der Waals surface area contributed by atoms with Crippen LogP contribution < -0.4 is 5.32 Å².